The Morgan fingerprint density at radius 3 is 2.06 bits per heavy atom. The molecule has 0 radical (unpaired) electrons. The van der Waals surface area contributed by atoms with Crippen LogP contribution in [0.3, 0.4) is 0 Å². The Morgan fingerprint density at radius 1 is 1.12 bits per heavy atom. The summed E-state index contributed by atoms with van der Waals surface area (Å²) in [6, 6.07) is 10.3. The molecular formula is C16H25N. The van der Waals surface area contributed by atoms with Gasteiger partial charge in [0, 0.05) is 6.21 Å². The van der Waals surface area contributed by atoms with Crippen molar-refractivity contribution in [2.45, 2.75) is 41.0 Å². The van der Waals surface area contributed by atoms with Crippen LogP contribution in [0.1, 0.15) is 40.2 Å². The highest BCUT2D eigenvalue weighted by Crippen LogP contribution is 2.23. The Bertz CT molecular complexity index is 342. The van der Waals surface area contributed by atoms with Crippen molar-refractivity contribution in [1.29, 1.82) is 5.41 Å². The van der Waals surface area contributed by atoms with Gasteiger partial charge < -0.3 is 5.41 Å². The molecule has 0 spiro atoms. The number of allylic oxidation sites excluding steroid dienone is 2. The number of hydrogen-bond acceptors (Lipinski definition) is 1. The van der Waals surface area contributed by atoms with E-state index < -0.39 is 0 Å². The van der Waals surface area contributed by atoms with Gasteiger partial charge in [0.2, 0.25) is 0 Å². The molecule has 0 aliphatic carbocycles. The molecule has 1 nitrogen and oxygen atoms in total. The Kier molecular flexibility index (Phi) is 7.20. The van der Waals surface area contributed by atoms with Gasteiger partial charge in [0.1, 0.15) is 0 Å². The van der Waals surface area contributed by atoms with Crippen LogP contribution in [-0.2, 0) is 6.42 Å². The first-order chi connectivity index (χ1) is 8.04. The van der Waals surface area contributed by atoms with E-state index in [0.717, 1.165) is 12.0 Å². The molecular weight excluding hydrogens is 206 g/mol. The van der Waals surface area contributed by atoms with Gasteiger partial charge in [-0.25, -0.2) is 0 Å². The van der Waals surface area contributed by atoms with Gasteiger partial charge >= 0.3 is 0 Å². The molecule has 0 heterocycles. The summed E-state index contributed by atoms with van der Waals surface area (Å²) >= 11 is 0. The second-order valence-corrected chi connectivity index (χ2v) is 4.74. The van der Waals surface area contributed by atoms with Crippen LogP contribution >= 0.6 is 0 Å². The highest BCUT2D eigenvalue weighted by molar-refractivity contribution is 5.77. The predicted molar refractivity (Wildman–Crippen MR) is 77.8 cm³/mol. The summed E-state index contributed by atoms with van der Waals surface area (Å²) in [5, 5.41) is 7.39. The quantitative estimate of drug-likeness (QED) is 0.717. The van der Waals surface area contributed by atoms with Crippen LogP contribution in [0.4, 0.5) is 0 Å². The summed E-state index contributed by atoms with van der Waals surface area (Å²) in [5.41, 5.74) is 2.45. The van der Waals surface area contributed by atoms with Crippen LogP contribution in [0, 0.1) is 10.8 Å². The van der Waals surface area contributed by atoms with Crippen molar-refractivity contribution < 1.29 is 0 Å². The first-order valence-electron chi connectivity index (χ1n) is 6.29. The molecule has 0 aliphatic heterocycles. The lowest BCUT2D eigenvalue weighted by Gasteiger charge is -2.19. The molecule has 0 unspecified atom stereocenters. The van der Waals surface area contributed by atoms with E-state index in [2.05, 4.69) is 39.0 Å². The smallest absolute Gasteiger partial charge is 0.0212 e. The van der Waals surface area contributed by atoms with E-state index >= 15 is 0 Å². The van der Waals surface area contributed by atoms with Crippen LogP contribution in [0.5, 0.6) is 0 Å². The summed E-state index contributed by atoms with van der Waals surface area (Å²) in [7, 11) is 0. The zero-order valence-corrected chi connectivity index (χ0v) is 11.7. The summed E-state index contributed by atoms with van der Waals surface area (Å²) < 4.78 is 0. The predicted octanol–water partition coefficient (Wildman–Crippen LogP) is 4.88. The minimum absolute atomic E-state index is 0.0660. The lowest BCUT2D eigenvalue weighted by atomic mass is 9.86. The molecule has 1 N–H and O–H groups in total. The maximum absolute atomic E-state index is 7.39. The standard InChI is InChI=1S/C14H19N.C2H6/c1-14(2,3)13(11-15)10-9-12-7-5-4-6-8-12;1-2/h4-8,10-11,15H,9H2,1-3H3;1-2H3/b13-10+,15-11?;. The van der Waals surface area contributed by atoms with Crippen molar-refractivity contribution in [3.63, 3.8) is 0 Å². The van der Waals surface area contributed by atoms with Gasteiger partial charge in [-0.1, -0.05) is 71.0 Å². The van der Waals surface area contributed by atoms with Crippen molar-refractivity contribution >= 4 is 6.21 Å². The number of nitrogens with one attached hydrogen (secondary N) is 1. The van der Waals surface area contributed by atoms with Crippen LogP contribution in [-0.4, -0.2) is 6.21 Å². The maximum atomic E-state index is 7.39. The second kappa shape index (κ2) is 7.83. The molecule has 0 fully saturated rings. The van der Waals surface area contributed by atoms with Crippen LogP contribution in [0.15, 0.2) is 42.0 Å². The van der Waals surface area contributed by atoms with Gasteiger partial charge in [-0.3, -0.25) is 0 Å². The van der Waals surface area contributed by atoms with E-state index in [1.54, 1.807) is 0 Å². The van der Waals surface area contributed by atoms with E-state index in [-0.39, 0.29) is 5.41 Å². The van der Waals surface area contributed by atoms with E-state index in [0.29, 0.717) is 0 Å². The monoisotopic (exact) mass is 231 g/mol. The minimum atomic E-state index is 0.0660. The van der Waals surface area contributed by atoms with Gasteiger partial charge in [0.15, 0.2) is 0 Å². The average Bonchev–Trinajstić information content (AvgIpc) is 2.32. The van der Waals surface area contributed by atoms with E-state index in [1.807, 2.05) is 32.0 Å². The van der Waals surface area contributed by atoms with Crippen LogP contribution in [0.25, 0.3) is 0 Å². The van der Waals surface area contributed by atoms with Crippen molar-refractivity contribution in [2.24, 2.45) is 5.41 Å². The summed E-state index contributed by atoms with van der Waals surface area (Å²) in [4.78, 5) is 0. The molecule has 1 rings (SSSR count). The topological polar surface area (TPSA) is 23.9 Å². The second-order valence-electron chi connectivity index (χ2n) is 4.74. The van der Waals surface area contributed by atoms with Crippen molar-refractivity contribution in [1.82, 2.24) is 0 Å². The fraction of sp³-hybridized carbons (Fsp3) is 0.438. The molecule has 0 bridgehead atoms. The molecule has 0 saturated carbocycles. The Balaban J connectivity index is 0.00000121. The first kappa shape index (κ1) is 15.6. The zero-order chi connectivity index (χ0) is 13.3. The summed E-state index contributed by atoms with van der Waals surface area (Å²) in [6.07, 6.45) is 4.51. The fourth-order valence-electron chi connectivity index (χ4n) is 1.42. The van der Waals surface area contributed by atoms with E-state index in [4.69, 9.17) is 5.41 Å². The number of benzene rings is 1. The third kappa shape index (κ3) is 6.06. The molecule has 0 aliphatic rings. The van der Waals surface area contributed by atoms with Crippen LogP contribution < -0.4 is 0 Å². The molecule has 1 heteroatoms. The molecule has 0 saturated heterocycles. The van der Waals surface area contributed by atoms with Gasteiger partial charge in [0.25, 0.3) is 0 Å². The van der Waals surface area contributed by atoms with Gasteiger partial charge in [-0.15, -0.1) is 0 Å². The SMILES string of the molecule is CC.CC(C)(C)/C(C=N)=C/Cc1ccccc1. The minimum Gasteiger partial charge on any atom is -0.308 e. The lowest BCUT2D eigenvalue weighted by molar-refractivity contribution is 0.524. The lowest BCUT2D eigenvalue weighted by Crippen LogP contribution is -2.10. The fourth-order valence-corrected chi connectivity index (χ4v) is 1.42. The summed E-state index contributed by atoms with van der Waals surface area (Å²) in [6.45, 7) is 10.4. The molecule has 0 amide bonds. The normalized spacial score (nSPS) is 11.5. The van der Waals surface area contributed by atoms with E-state index in [9.17, 15) is 0 Å². The summed E-state index contributed by atoms with van der Waals surface area (Å²) in [5.74, 6) is 0. The van der Waals surface area contributed by atoms with E-state index in [1.165, 1.54) is 11.8 Å². The Morgan fingerprint density at radius 2 is 1.65 bits per heavy atom. The molecule has 17 heavy (non-hydrogen) atoms. The van der Waals surface area contributed by atoms with Crippen molar-refractivity contribution in [2.75, 3.05) is 0 Å². The number of rotatable bonds is 3. The molecule has 0 aromatic heterocycles. The molecule has 1 aromatic carbocycles. The van der Waals surface area contributed by atoms with Gasteiger partial charge in [-0.2, -0.15) is 0 Å². The molecule has 1 aromatic rings. The number of hydrogen-bond donors (Lipinski definition) is 1. The molecule has 0 atom stereocenters. The highest BCUT2D eigenvalue weighted by atomic mass is 14.4. The Labute approximate surface area is 106 Å². The van der Waals surface area contributed by atoms with Crippen molar-refractivity contribution in [3.8, 4) is 0 Å². The van der Waals surface area contributed by atoms with Crippen molar-refractivity contribution in [3.05, 3.63) is 47.5 Å². The zero-order valence-electron chi connectivity index (χ0n) is 11.7. The van der Waals surface area contributed by atoms with Gasteiger partial charge in [-0.05, 0) is 23.0 Å². The largest absolute Gasteiger partial charge is 0.308 e. The average molecular weight is 231 g/mol. The third-order valence-electron chi connectivity index (χ3n) is 2.42. The third-order valence-corrected chi connectivity index (χ3v) is 2.42. The Hall–Kier alpha value is -1.37. The van der Waals surface area contributed by atoms with Gasteiger partial charge in [0.05, 0.1) is 0 Å². The molecule has 94 valence electrons. The van der Waals surface area contributed by atoms with Crippen LogP contribution in [0.2, 0.25) is 0 Å². The maximum Gasteiger partial charge on any atom is 0.0212 e. The highest BCUT2D eigenvalue weighted by Gasteiger charge is 2.13. The first-order valence-corrected chi connectivity index (χ1v) is 6.29.